The molecule has 5 N–H and O–H groups in total. The Bertz CT molecular complexity index is 112. The van der Waals surface area contributed by atoms with Gasteiger partial charge in [-0.1, -0.05) is 6.42 Å². The van der Waals surface area contributed by atoms with Crippen LogP contribution in [0.5, 0.6) is 0 Å². The lowest BCUT2D eigenvalue weighted by atomic mass is 10.1. The Hall–Kier alpha value is -0.680. The second-order valence-electron chi connectivity index (χ2n) is 2.23. The fraction of sp³-hybridized carbons (Fsp3) is 0.857. The molecule has 0 aliphatic carbocycles. The Labute approximate surface area is 71.7 Å². The first kappa shape index (κ1) is 13.9. The highest BCUT2D eigenvalue weighted by molar-refractivity contribution is 5.72. The van der Waals surface area contributed by atoms with Gasteiger partial charge in [0.1, 0.15) is 6.04 Å². The predicted molar refractivity (Wildman–Crippen MR) is 45.5 cm³/mol. The highest BCUT2D eigenvalue weighted by Crippen LogP contribution is 1.96. The first-order valence-electron chi connectivity index (χ1n) is 3.74. The van der Waals surface area contributed by atoms with Crippen LogP contribution in [0.2, 0.25) is 0 Å². The number of rotatable bonds is 5. The average molecular weight is 180 g/mol. The van der Waals surface area contributed by atoms with Gasteiger partial charge in [-0.2, -0.15) is 0 Å². The van der Waals surface area contributed by atoms with Gasteiger partial charge in [0.2, 0.25) is 0 Å². The fourth-order valence-electron chi connectivity index (χ4n) is 0.632. The van der Waals surface area contributed by atoms with E-state index in [4.69, 9.17) is 16.6 Å². The van der Waals surface area contributed by atoms with E-state index < -0.39 is 12.0 Å². The molecule has 1 unspecified atom stereocenters. The lowest BCUT2D eigenvalue weighted by Gasteiger charge is -2.03. The monoisotopic (exact) mass is 180 g/mol. The van der Waals surface area contributed by atoms with E-state index in [-0.39, 0.29) is 0 Å². The second-order valence-corrected chi connectivity index (χ2v) is 2.23. The highest BCUT2D eigenvalue weighted by atomic mass is 19.1. The number of unbranched alkanes of at least 4 members (excludes halogenated alkanes) is 1. The molecule has 0 rings (SSSR count). The third kappa shape index (κ3) is 9.32. The summed E-state index contributed by atoms with van der Waals surface area (Å²) in [4.78, 5) is 10.1. The molecule has 12 heavy (non-hydrogen) atoms. The number of carboxylic acid groups (broad SMARTS) is 1. The summed E-state index contributed by atoms with van der Waals surface area (Å²) in [5.41, 5.74) is 10.4. The van der Waals surface area contributed by atoms with Gasteiger partial charge in [-0.25, -0.2) is 0 Å². The Kier molecular flexibility index (Phi) is 11.9. The van der Waals surface area contributed by atoms with Crippen molar-refractivity contribution in [3.8, 4) is 0 Å². The molecule has 0 radical (unpaired) electrons. The van der Waals surface area contributed by atoms with Gasteiger partial charge in [-0.15, -0.1) is 0 Å². The maximum absolute atomic E-state index is 10.1. The van der Waals surface area contributed by atoms with Gasteiger partial charge in [0.25, 0.3) is 0 Å². The van der Waals surface area contributed by atoms with Gasteiger partial charge in [0.05, 0.1) is 7.18 Å². The standard InChI is InChI=1S/C6H14N2O2.CH3F/c7-4-2-1-3-5(8)6(9)10;1-2/h5H,1-4,7-8H2,(H,9,10);1H3. The van der Waals surface area contributed by atoms with Crippen LogP contribution in [0.25, 0.3) is 0 Å². The van der Waals surface area contributed by atoms with E-state index >= 15 is 0 Å². The minimum Gasteiger partial charge on any atom is -0.480 e. The van der Waals surface area contributed by atoms with Gasteiger partial charge in [-0.3, -0.25) is 9.18 Å². The first-order valence-corrected chi connectivity index (χ1v) is 3.74. The maximum Gasteiger partial charge on any atom is 0.320 e. The van der Waals surface area contributed by atoms with Crippen molar-refractivity contribution in [3.63, 3.8) is 0 Å². The molecule has 0 saturated heterocycles. The highest BCUT2D eigenvalue weighted by Gasteiger charge is 2.09. The zero-order chi connectivity index (χ0) is 9.98. The van der Waals surface area contributed by atoms with Crippen molar-refractivity contribution in [3.05, 3.63) is 0 Å². The van der Waals surface area contributed by atoms with E-state index in [1.165, 1.54) is 0 Å². The third-order valence-corrected chi connectivity index (χ3v) is 1.29. The first-order chi connectivity index (χ1) is 5.68. The van der Waals surface area contributed by atoms with Crippen LogP contribution in [0.4, 0.5) is 4.39 Å². The molecule has 0 aromatic carbocycles. The quantitative estimate of drug-likeness (QED) is 0.524. The van der Waals surface area contributed by atoms with Crippen LogP contribution in [-0.4, -0.2) is 30.8 Å². The molecule has 4 nitrogen and oxygen atoms in total. The van der Waals surface area contributed by atoms with Gasteiger partial charge in [0.15, 0.2) is 0 Å². The van der Waals surface area contributed by atoms with E-state index in [1.54, 1.807) is 0 Å². The number of hydrogen-bond acceptors (Lipinski definition) is 3. The SMILES string of the molecule is CF.NCCCCC(N)C(=O)O. The molecular formula is C7H17FN2O2. The molecule has 1 atom stereocenters. The number of alkyl halides is 1. The van der Waals surface area contributed by atoms with Crippen molar-refractivity contribution in [2.75, 3.05) is 13.7 Å². The third-order valence-electron chi connectivity index (χ3n) is 1.29. The van der Waals surface area contributed by atoms with Crippen LogP contribution in [0.3, 0.4) is 0 Å². The molecule has 74 valence electrons. The number of aliphatic carboxylic acids is 1. The molecule has 0 amide bonds. The van der Waals surface area contributed by atoms with Crippen molar-refractivity contribution in [1.29, 1.82) is 0 Å². The Morgan fingerprint density at radius 2 is 2.00 bits per heavy atom. The van der Waals surface area contributed by atoms with E-state index in [0.29, 0.717) is 20.1 Å². The van der Waals surface area contributed by atoms with E-state index in [0.717, 1.165) is 12.8 Å². The number of carboxylic acids is 1. The molecule has 0 heterocycles. The minimum atomic E-state index is -0.933. The minimum absolute atomic E-state index is 0.500. The summed E-state index contributed by atoms with van der Waals surface area (Å²) < 4.78 is 9.50. The van der Waals surface area contributed by atoms with Crippen LogP contribution in [-0.2, 0) is 4.79 Å². The summed E-state index contributed by atoms with van der Waals surface area (Å²) in [7, 11) is 0.500. The van der Waals surface area contributed by atoms with Crippen LogP contribution < -0.4 is 11.5 Å². The van der Waals surface area contributed by atoms with Crippen LogP contribution >= 0.6 is 0 Å². The number of carbonyl (C=O) groups is 1. The van der Waals surface area contributed by atoms with E-state index in [9.17, 15) is 9.18 Å². The molecule has 0 fully saturated rings. The molecule has 0 spiro atoms. The lowest BCUT2D eigenvalue weighted by Crippen LogP contribution is -2.29. The molecule has 0 aromatic heterocycles. The topological polar surface area (TPSA) is 89.3 Å². The van der Waals surface area contributed by atoms with Gasteiger partial charge >= 0.3 is 5.97 Å². The molecule has 0 bridgehead atoms. The van der Waals surface area contributed by atoms with Crippen molar-refractivity contribution >= 4 is 5.97 Å². The summed E-state index contributed by atoms with van der Waals surface area (Å²) in [5.74, 6) is -0.933. The van der Waals surface area contributed by atoms with Gasteiger partial charge in [0, 0.05) is 0 Å². The van der Waals surface area contributed by atoms with Crippen LogP contribution in [0.15, 0.2) is 0 Å². The average Bonchev–Trinajstić information content (AvgIpc) is 2.08. The van der Waals surface area contributed by atoms with Crippen molar-refractivity contribution in [1.82, 2.24) is 0 Å². The fourth-order valence-corrected chi connectivity index (χ4v) is 0.632. The molecule has 0 saturated carbocycles. The summed E-state index contributed by atoms with van der Waals surface area (Å²) in [5, 5.41) is 8.33. The number of halogens is 1. The van der Waals surface area contributed by atoms with Crippen molar-refractivity contribution < 1.29 is 14.3 Å². The second kappa shape index (κ2) is 10.3. The number of nitrogens with two attached hydrogens (primary N) is 2. The summed E-state index contributed by atoms with van der Waals surface area (Å²) in [6.07, 6.45) is 2.16. The van der Waals surface area contributed by atoms with Crippen LogP contribution in [0, 0.1) is 0 Å². The zero-order valence-electron chi connectivity index (χ0n) is 7.29. The molecule has 5 heteroatoms. The smallest absolute Gasteiger partial charge is 0.320 e. The summed E-state index contributed by atoms with van der Waals surface area (Å²) >= 11 is 0. The number of hydrogen-bond donors (Lipinski definition) is 3. The molecule has 0 aliphatic rings. The Morgan fingerprint density at radius 1 is 1.50 bits per heavy atom. The molecule has 0 aromatic rings. The summed E-state index contributed by atoms with van der Waals surface area (Å²) in [6.45, 7) is 0.604. The van der Waals surface area contributed by atoms with Gasteiger partial charge in [-0.05, 0) is 19.4 Å². The van der Waals surface area contributed by atoms with E-state index in [1.807, 2.05) is 0 Å². The van der Waals surface area contributed by atoms with Crippen LogP contribution in [0.1, 0.15) is 19.3 Å². The van der Waals surface area contributed by atoms with Crippen molar-refractivity contribution in [2.45, 2.75) is 25.3 Å². The molecular weight excluding hydrogens is 163 g/mol. The summed E-state index contributed by atoms with van der Waals surface area (Å²) in [6, 6.07) is -0.716. The molecule has 0 aliphatic heterocycles. The predicted octanol–water partition coefficient (Wildman–Crippen LogP) is 0.113. The maximum atomic E-state index is 10.1. The Morgan fingerprint density at radius 3 is 2.33 bits per heavy atom. The van der Waals surface area contributed by atoms with Gasteiger partial charge < -0.3 is 16.6 Å². The van der Waals surface area contributed by atoms with Crippen molar-refractivity contribution in [2.24, 2.45) is 11.5 Å². The zero-order valence-corrected chi connectivity index (χ0v) is 7.29. The normalized spacial score (nSPS) is 11.3. The van der Waals surface area contributed by atoms with E-state index in [2.05, 4.69) is 0 Å². The lowest BCUT2D eigenvalue weighted by molar-refractivity contribution is -0.138. The Balaban J connectivity index is 0. The largest absolute Gasteiger partial charge is 0.480 e.